The Morgan fingerprint density at radius 1 is 1.24 bits per heavy atom. The maximum absolute atomic E-state index is 4.64. The normalized spacial score (nSPS) is 16.5. The van der Waals surface area contributed by atoms with E-state index in [9.17, 15) is 0 Å². The fourth-order valence-electron chi connectivity index (χ4n) is 2.50. The Kier molecular flexibility index (Phi) is 6.20. The molecule has 1 N–H and O–H groups in total. The van der Waals surface area contributed by atoms with E-state index in [0.717, 1.165) is 64.0 Å². The zero-order valence-electron chi connectivity index (χ0n) is 13.5. The van der Waals surface area contributed by atoms with E-state index in [4.69, 9.17) is 0 Å². The number of likely N-dealkylation sites (N-methyl/N-ethyl adjacent to an activating group) is 1. The van der Waals surface area contributed by atoms with Gasteiger partial charge < -0.3 is 20.0 Å². The first-order valence-electron chi connectivity index (χ1n) is 7.88. The molecular weight excluding hydrogens is 264 g/mol. The van der Waals surface area contributed by atoms with Gasteiger partial charge in [-0.3, -0.25) is 0 Å². The molecule has 1 aliphatic heterocycles. The lowest BCUT2D eigenvalue weighted by molar-refractivity contribution is 0.270. The first-order chi connectivity index (χ1) is 10.2. The van der Waals surface area contributed by atoms with Crippen molar-refractivity contribution < 1.29 is 0 Å². The van der Waals surface area contributed by atoms with Crippen LogP contribution in [0.4, 0.5) is 11.8 Å². The summed E-state index contributed by atoms with van der Waals surface area (Å²) in [5.74, 6) is 1.78. The van der Waals surface area contributed by atoms with Gasteiger partial charge in [-0.2, -0.15) is 4.98 Å². The molecule has 1 fully saturated rings. The zero-order chi connectivity index (χ0) is 15.1. The monoisotopic (exact) mass is 292 g/mol. The van der Waals surface area contributed by atoms with E-state index in [2.05, 4.69) is 51.0 Å². The van der Waals surface area contributed by atoms with Gasteiger partial charge in [0.25, 0.3) is 0 Å². The second-order valence-electron chi connectivity index (χ2n) is 5.74. The van der Waals surface area contributed by atoms with Crippen molar-refractivity contribution in [1.82, 2.24) is 19.8 Å². The zero-order valence-corrected chi connectivity index (χ0v) is 13.5. The smallest absolute Gasteiger partial charge is 0.224 e. The molecule has 6 nitrogen and oxygen atoms in total. The van der Waals surface area contributed by atoms with Crippen molar-refractivity contribution in [3.63, 3.8) is 0 Å². The van der Waals surface area contributed by atoms with Crippen molar-refractivity contribution in [2.24, 2.45) is 0 Å². The van der Waals surface area contributed by atoms with Crippen LogP contribution < -0.4 is 10.2 Å². The van der Waals surface area contributed by atoms with Gasteiger partial charge in [0.2, 0.25) is 5.95 Å². The number of nitrogens with zero attached hydrogens (tertiary/aromatic N) is 5. The molecule has 1 aromatic heterocycles. The molecule has 2 heterocycles. The predicted molar refractivity (Wildman–Crippen MR) is 88.0 cm³/mol. The first-order valence-corrected chi connectivity index (χ1v) is 7.88. The van der Waals surface area contributed by atoms with E-state index in [1.807, 2.05) is 12.3 Å². The van der Waals surface area contributed by atoms with Gasteiger partial charge in [0.15, 0.2) is 0 Å². The molecule has 0 aliphatic carbocycles. The molecule has 6 heteroatoms. The maximum atomic E-state index is 4.64. The van der Waals surface area contributed by atoms with Gasteiger partial charge in [0.05, 0.1) is 0 Å². The summed E-state index contributed by atoms with van der Waals surface area (Å²) >= 11 is 0. The molecule has 0 amide bonds. The van der Waals surface area contributed by atoms with Crippen LogP contribution in [0.15, 0.2) is 12.3 Å². The lowest BCUT2D eigenvalue weighted by Crippen LogP contribution is -2.46. The molecule has 21 heavy (non-hydrogen) atoms. The van der Waals surface area contributed by atoms with Gasteiger partial charge in [-0.05, 0) is 39.7 Å². The quantitative estimate of drug-likeness (QED) is 0.756. The molecule has 0 saturated carbocycles. The van der Waals surface area contributed by atoms with E-state index in [0.29, 0.717) is 0 Å². The van der Waals surface area contributed by atoms with Crippen molar-refractivity contribution in [1.29, 1.82) is 0 Å². The van der Waals surface area contributed by atoms with E-state index in [-0.39, 0.29) is 0 Å². The van der Waals surface area contributed by atoms with Crippen LogP contribution in [0.5, 0.6) is 0 Å². The van der Waals surface area contributed by atoms with Crippen LogP contribution in [0.25, 0.3) is 0 Å². The Bertz CT molecular complexity index is 414. The van der Waals surface area contributed by atoms with Gasteiger partial charge in [0, 0.05) is 38.9 Å². The second kappa shape index (κ2) is 8.14. The van der Waals surface area contributed by atoms with E-state index in [1.54, 1.807) is 0 Å². The van der Waals surface area contributed by atoms with Gasteiger partial charge in [0.1, 0.15) is 5.82 Å². The van der Waals surface area contributed by atoms with E-state index in [1.165, 1.54) is 0 Å². The highest BCUT2D eigenvalue weighted by Gasteiger charge is 2.16. The summed E-state index contributed by atoms with van der Waals surface area (Å²) < 4.78 is 0. The molecule has 2 rings (SSSR count). The molecule has 0 spiro atoms. The van der Waals surface area contributed by atoms with Crippen LogP contribution in [0.1, 0.15) is 13.3 Å². The number of hydrogen-bond donors (Lipinski definition) is 1. The molecule has 1 aromatic rings. The SMILES string of the molecule is CCN1CCN(c2ccnc(NCCCN(C)C)n2)CC1. The van der Waals surface area contributed by atoms with Gasteiger partial charge in [-0.25, -0.2) is 4.98 Å². The van der Waals surface area contributed by atoms with Crippen molar-refractivity contribution in [3.05, 3.63) is 12.3 Å². The van der Waals surface area contributed by atoms with E-state index < -0.39 is 0 Å². The van der Waals surface area contributed by atoms with Crippen LogP contribution in [0.3, 0.4) is 0 Å². The van der Waals surface area contributed by atoms with Crippen LogP contribution in [-0.2, 0) is 0 Å². The van der Waals surface area contributed by atoms with Crippen LogP contribution in [0, 0.1) is 0 Å². The van der Waals surface area contributed by atoms with Crippen molar-refractivity contribution in [2.45, 2.75) is 13.3 Å². The molecule has 0 unspecified atom stereocenters. The number of anilines is 2. The molecule has 0 atom stereocenters. The van der Waals surface area contributed by atoms with Gasteiger partial charge >= 0.3 is 0 Å². The minimum Gasteiger partial charge on any atom is -0.354 e. The highest BCUT2D eigenvalue weighted by Crippen LogP contribution is 2.14. The van der Waals surface area contributed by atoms with Crippen molar-refractivity contribution in [3.8, 4) is 0 Å². The molecular formula is C15H28N6. The molecule has 0 radical (unpaired) electrons. The van der Waals surface area contributed by atoms with Gasteiger partial charge in [-0.1, -0.05) is 6.92 Å². The first kappa shape index (κ1) is 16.0. The minimum atomic E-state index is 0.740. The lowest BCUT2D eigenvalue weighted by atomic mass is 10.3. The topological polar surface area (TPSA) is 47.5 Å². The number of hydrogen-bond acceptors (Lipinski definition) is 6. The van der Waals surface area contributed by atoms with E-state index >= 15 is 0 Å². The summed E-state index contributed by atoms with van der Waals surface area (Å²) in [4.78, 5) is 15.9. The summed E-state index contributed by atoms with van der Waals surface area (Å²) in [7, 11) is 4.18. The fourth-order valence-corrected chi connectivity index (χ4v) is 2.50. The predicted octanol–water partition coefficient (Wildman–Crippen LogP) is 0.982. The molecule has 1 aliphatic rings. The average Bonchev–Trinajstić information content (AvgIpc) is 2.52. The summed E-state index contributed by atoms with van der Waals surface area (Å²) in [6.45, 7) is 9.66. The third-order valence-electron chi connectivity index (χ3n) is 3.85. The summed E-state index contributed by atoms with van der Waals surface area (Å²) in [6.07, 6.45) is 2.94. The van der Waals surface area contributed by atoms with Crippen LogP contribution in [-0.4, -0.2) is 79.7 Å². The summed E-state index contributed by atoms with van der Waals surface area (Å²) in [5, 5.41) is 3.31. The van der Waals surface area contributed by atoms with Crippen molar-refractivity contribution >= 4 is 11.8 Å². The molecule has 1 saturated heterocycles. The van der Waals surface area contributed by atoms with Gasteiger partial charge in [-0.15, -0.1) is 0 Å². The lowest BCUT2D eigenvalue weighted by Gasteiger charge is -2.34. The Hall–Kier alpha value is -1.40. The summed E-state index contributed by atoms with van der Waals surface area (Å²) in [5.41, 5.74) is 0. The Balaban J connectivity index is 1.83. The Labute approximate surface area is 128 Å². The number of rotatable bonds is 7. The Morgan fingerprint density at radius 2 is 2.00 bits per heavy atom. The number of piperazine rings is 1. The number of aromatic nitrogens is 2. The minimum absolute atomic E-state index is 0.740. The van der Waals surface area contributed by atoms with Crippen LogP contribution in [0.2, 0.25) is 0 Å². The number of nitrogens with one attached hydrogen (secondary N) is 1. The Morgan fingerprint density at radius 3 is 2.67 bits per heavy atom. The maximum Gasteiger partial charge on any atom is 0.224 e. The third kappa shape index (κ3) is 5.13. The fraction of sp³-hybridized carbons (Fsp3) is 0.733. The standard InChI is InChI=1S/C15H28N6/c1-4-20-10-12-21(13-11-20)14-6-8-17-15(18-14)16-7-5-9-19(2)3/h6,8H,4-5,7,9-13H2,1-3H3,(H,16,17,18). The molecule has 118 valence electrons. The highest BCUT2D eigenvalue weighted by molar-refractivity contribution is 5.42. The molecule has 0 bridgehead atoms. The second-order valence-corrected chi connectivity index (χ2v) is 5.74. The average molecular weight is 292 g/mol. The highest BCUT2D eigenvalue weighted by atomic mass is 15.3. The van der Waals surface area contributed by atoms with Crippen LogP contribution >= 0.6 is 0 Å². The largest absolute Gasteiger partial charge is 0.354 e. The van der Waals surface area contributed by atoms with Crippen molar-refractivity contribution in [2.75, 3.05) is 70.1 Å². The third-order valence-corrected chi connectivity index (χ3v) is 3.85. The summed E-state index contributed by atoms with van der Waals surface area (Å²) in [6, 6.07) is 2.01. The molecule has 0 aromatic carbocycles.